The molecule has 3 amide bonds. The standard InChI is InChI=1S/C17H13N3O3S/c1-10-13(9-18)15(20(17(22)23)16(21)19-10)12-5-2-4-11(8-12)14-6-3-7-24-14/h2-8,13,15H,1H3,(H,22,23). The molecular formula is C17H13N3O3S. The predicted octanol–water partition coefficient (Wildman–Crippen LogP) is 4.17. The fourth-order valence-electron chi connectivity index (χ4n) is 2.80. The highest BCUT2D eigenvalue weighted by molar-refractivity contribution is 7.13. The quantitative estimate of drug-likeness (QED) is 0.888. The minimum atomic E-state index is -1.41. The van der Waals surface area contributed by atoms with Crippen molar-refractivity contribution >= 4 is 29.2 Å². The molecule has 1 aliphatic heterocycles. The number of aliphatic imine (C=N–C) groups is 1. The summed E-state index contributed by atoms with van der Waals surface area (Å²) in [6.45, 7) is 1.57. The van der Waals surface area contributed by atoms with Crippen molar-refractivity contribution in [1.29, 1.82) is 5.26 Å². The highest BCUT2D eigenvalue weighted by Crippen LogP contribution is 2.36. The average molecular weight is 339 g/mol. The number of nitrogens with zero attached hydrogens (tertiary/aromatic N) is 3. The Morgan fingerprint density at radius 3 is 2.79 bits per heavy atom. The first-order chi connectivity index (χ1) is 11.5. The number of carbonyl (C=O) groups is 2. The molecule has 1 aliphatic rings. The van der Waals surface area contributed by atoms with Crippen molar-refractivity contribution in [3.05, 3.63) is 47.3 Å². The molecule has 1 N–H and O–H groups in total. The molecule has 0 radical (unpaired) electrons. The van der Waals surface area contributed by atoms with Gasteiger partial charge in [0.25, 0.3) is 0 Å². The maximum Gasteiger partial charge on any atom is 0.416 e. The van der Waals surface area contributed by atoms with Gasteiger partial charge in [-0.15, -0.1) is 11.3 Å². The van der Waals surface area contributed by atoms with Gasteiger partial charge in [0.2, 0.25) is 0 Å². The zero-order valence-electron chi connectivity index (χ0n) is 12.7. The first-order valence-electron chi connectivity index (χ1n) is 7.17. The molecule has 0 spiro atoms. The van der Waals surface area contributed by atoms with Crippen molar-refractivity contribution in [1.82, 2.24) is 4.90 Å². The van der Waals surface area contributed by atoms with E-state index < -0.39 is 24.1 Å². The summed E-state index contributed by atoms with van der Waals surface area (Å²) in [4.78, 5) is 29.0. The van der Waals surface area contributed by atoms with Crippen LogP contribution in [0.4, 0.5) is 9.59 Å². The number of hydrogen-bond donors (Lipinski definition) is 1. The summed E-state index contributed by atoms with van der Waals surface area (Å²) in [6, 6.07) is 11.5. The van der Waals surface area contributed by atoms with E-state index in [9.17, 15) is 20.0 Å². The van der Waals surface area contributed by atoms with Crippen LogP contribution in [-0.2, 0) is 0 Å². The van der Waals surface area contributed by atoms with Crippen molar-refractivity contribution in [2.75, 3.05) is 0 Å². The lowest BCUT2D eigenvalue weighted by Gasteiger charge is -2.33. The number of amides is 3. The summed E-state index contributed by atoms with van der Waals surface area (Å²) in [6.07, 6.45) is -1.41. The first kappa shape index (κ1) is 15.9. The number of thiophene rings is 1. The summed E-state index contributed by atoms with van der Waals surface area (Å²) in [7, 11) is 0. The molecule has 0 saturated heterocycles. The van der Waals surface area contributed by atoms with Crippen LogP contribution in [0.25, 0.3) is 10.4 Å². The molecule has 1 aromatic carbocycles. The Balaban J connectivity index is 2.12. The van der Waals surface area contributed by atoms with Crippen molar-refractivity contribution in [2.45, 2.75) is 13.0 Å². The van der Waals surface area contributed by atoms with Gasteiger partial charge in [-0.1, -0.05) is 24.3 Å². The van der Waals surface area contributed by atoms with Crippen LogP contribution in [0.3, 0.4) is 0 Å². The SMILES string of the molecule is CC1=NC(=O)N(C(=O)O)C(c2cccc(-c3cccs3)c2)C1C#N. The molecule has 24 heavy (non-hydrogen) atoms. The Bertz CT molecular complexity index is 867. The highest BCUT2D eigenvalue weighted by Gasteiger charge is 2.42. The molecule has 2 unspecified atom stereocenters. The third kappa shape index (κ3) is 2.68. The second-order valence-corrected chi connectivity index (χ2v) is 6.29. The second-order valence-electron chi connectivity index (χ2n) is 5.34. The van der Waals surface area contributed by atoms with E-state index in [4.69, 9.17) is 0 Å². The van der Waals surface area contributed by atoms with E-state index in [1.165, 1.54) is 0 Å². The normalized spacial score (nSPS) is 20.4. The molecule has 2 atom stereocenters. The smallest absolute Gasteiger partial charge is 0.416 e. The van der Waals surface area contributed by atoms with Gasteiger partial charge in [0.15, 0.2) is 0 Å². The zero-order valence-corrected chi connectivity index (χ0v) is 13.5. The van der Waals surface area contributed by atoms with E-state index in [0.29, 0.717) is 16.2 Å². The second kappa shape index (κ2) is 6.26. The van der Waals surface area contributed by atoms with E-state index >= 15 is 0 Å². The molecule has 1 aromatic heterocycles. The molecule has 120 valence electrons. The summed E-state index contributed by atoms with van der Waals surface area (Å²) in [5.74, 6) is -0.808. The van der Waals surface area contributed by atoms with Crippen molar-refractivity contribution in [3.8, 4) is 16.5 Å². The zero-order chi connectivity index (χ0) is 17.3. The van der Waals surface area contributed by atoms with Gasteiger partial charge in [0.05, 0.1) is 12.1 Å². The average Bonchev–Trinajstić information content (AvgIpc) is 3.08. The predicted molar refractivity (Wildman–Crippen MR) is 90.0 cm³/mol. The summed E-state index contributed by atoms with van der Waals surface area (Å²) in [5, 5.41) is 20.8. The lowest BCUT2D eigenvalue weighted by atomic mass is 9.87. The molecular weight excluding hydrogens is 326 g/mol. The minimum Gasteiger partial charge on any atom is -0.465 e. The Hall–Kier alpha value is -2.98. The molecule has 7 heteroatoms. The Morgan fingerprint density at radius 2 is 2.17 bits per heavy atom. The summed E-state index contributed by atoms with van der Waals surface area (Å²) in [5.41, 5.74) is 1.83. The van der Waals surface area contributed by atoms with E-state index in [1.807, 2.05) is 29.6 Å². The number of rotatable bonds is 2. The molecule has 0 saturated carbocycles. The molecule has 3 rings (SSSR count). The molecule has 2 aromatic rings. The Labute approximate surface area is 142 Å². The Morgan fingerprint density at radius 1 is 1.38 bits per heavy atom. The topological polar surface area (TPSA) is 93.8 Å². The fourth-order valence-corrected chi connectivity index (χ4v) is 3.52. The van der Waals surface area contributed by atoms with Gasteiger partial charge in [-0.3, -0.25) is 0 Å². The largest absolute Gasteiger partial charge is 0.465 e. The third-order valence-electron chi connectivity index (χ3n) is 3.90. The van der Waals surface area contributed by atoms with E-state index in [-0.39, 0.29) is 0 Å². The first-order valence-corrected chi connectivity index (χ1v) is 8.05. The molecule has 0 aliphatic carbocycles. The van der Waals surface area contributed by atoms with Crippen LogP contribution in [0.5, 0.6) is 0 Å². The maximum absolute atomic E-state index is 12.1. The highest BCUT2D eigenvalue weighted by atomic mass is 32.1. The van der Waals surface area contributed by atoms with E-state index in [0.717, 1.165) is 10.4 Å². The van der Waals surface area contributed by atoms with Gasteiger partial charge in [0.1, 0.15) is 5.92 Å². The molecule has 6 nitrogen and oxygen atoms in total. The van der Waals surface area contributed by atoms with Gasteiger partial charge >= 0.3 is 12.1 Å². The van der Waals surface area contributed by atoms with Crippen molar-refractivity contribution in [3.63, 3.8) is 0 Å². The monoisotopic (exact) mass is 339 g/mol. The maximum atomic E-state index is 12.1. The molecule has 0 fully saturated rings. The number of imide groups is 1. The summed E-state index contributed by atoms with van der Waals surface area (Å²) >= 11 is 1.56. The molecule has 2 heterocycles. The van der Waals surface area contributed by atoms with Gasteiger partial charge < -0.3 is 5.11 Å². The van der Waals surface area contributed by atoms with Crippen LogP contribution in [0.1, 0.15) is 18.5 Å². The van der Waals surface area contributed by atoms with Crippen LogP contribution >= 0.6 is 11.3 Å². The number of benzene rings is 1. The number of nitriles is 1. The van der Waals surface area contributed by atoms with Gasteiger partial charge in [-0.05, 0) is 35.6 Å². The third-order valence-corrected chi connectivity index (χ3v) is 4.82. The van der Waals surface area contributed by atoms with Crippen LogP contribution < -0.4 is 0 Å². The van der Waals surface area contributed by atoms with Gasteiger partial charge in [-0.25, -0.2) is 19.5 Å². The minimum absolute atomic E-state index is 0.325. The van der Waals surface area contributed by atoms with Crippen LogP contribution in [0.2, 0.25) is 0 Å². The van der Waals surface area contributed by atoms with E-state index in [1.54, 1.807) is 30.4 Å². The van der Waals surface area contributed by atoms with Gasteiger partial charge in [-0.2, -0.15) is 5.26 Å². The number of carboxylic acid groups (broad SMARTS) is 1. The molecule has 0 bridgehead atoms. The fraction of sp³-hybridized carbons (Fsp3) is 0.176. The number of hydrogen-bond acceptors (Lipinski definition) is 4. The van der Waals surface area contributed by atoms with Crippen molar-refractivity contribution in [2.24, 2.45) is 10.9 Å². The Kier molecular flexibility index (Phi) is 4.15. The van der Waals surface area contributed by atoms with Gasteiger partial charge in [0, 0.05) is 10.6 Å². The van der Waals surface area contributed by atoms with Crippen LogP contribution in [0.15, 0.2) is 46.8 Å². The lowest BCUT2D eigenvalue weighted by molar-refractivity contribution is 0.129. The number of carbonyl (C=O) groups excluding carboxylic acids is 1. The number of urea groups is 1. The summed E-state index contributed by atoms with van der Waals surface area (Å²) < 4.78 is 0. The van der Waals surface area contributed by atoms with Crippen LogP contribution in [-0.4, -0.2) is 27.8 Å². The van der Waals surface area contributed by atoms with Crippen molar-refractivity contribution < 1.29 is 14.7 Å². The van der Waals surface area contributed by atoms with Crippen LogP contribution in [0, 0.1) is 17.2 Å². The lowest BCUT2D eigenvalue weighted by Crippen LogP contribution is -2.46. The van der Waals surface area contributed by atoms with E-state index in [2.05, 4.69) is 11.1 Å².